The first-order valence-corrected chi connectivity index (χ1v) is 6.33. The Morgan fingerprint density at radius 3 is 2.63 bits per heavy atom. The van der Waals surface area contributed by atoms with Gasteiger partial charge in [-0.25, -0.2) is 4.98 Å². The molecule has 0 saturated heterocycles. The van der Waals surface area contributed by atoms with Crippen molar-refractivity contribution in [3.63, 3.8) is 0 Å². The van der Waals surface area contributed by atoms with Crippen molar-refractivity contribution in [2.75, 3.05) is 11.9 Å². The molecular formula is C14H18N4O. The summed E-state index contributed by atoms with van der Waals surface area (Å²) in [5.41, 5.74) is 2.80. The molecule has 19 heavy (non-hydrogen) atoms. The summed E-state index contributed by atoms with van der Waals surface area (Å²) in [6, 6.07) is 3.87. The van der Waals surface area contributed by atoms with Crippen LogP contribution in [0.25, 0.3) is 0 Å². The van der Waals surface area contributed by atoms with E-state index in [1.807, 2.05) is 32.9 Å². The Hall–Kier alpha value is -2.17. The third kappa shape index (κ3) is 3.40. The number of anilines is 1. The fourth-order valence-corrected chi connectivity index (χ4v) is 1.86. The van der Waals surface area contributed by atoms with Crippen LogP contribution in [0.1, 0.15) is 31.3 Å². The second-order valence-electron chi connectivity index (χ2n) is 4.21. The fraction of sp³-hybridized carbons (Fsp3) is 0.357. The number of pyridine rings is 1. The number of ether oxygens (including phenoxy) is 1. The van der Waals surface area contributed by atoms with E-state index >= 15 is 0 Å². The molecule has 1 N–H and O–H groups in total. The van der Waals surface area contributed by atoms with Crippen LogP contribution in [0.15, 0.2) is 30.7 Å². The van der Waals surface area contributed by atoms with E-state index in [1.54, 1.807) is 18.6 Å². The van der Waals surface area contributed by atoms with Gasteiger partial charge >= 0.3 is 0 Å². The molecule has 0 radical (unpaired) electrons. The van der Waals surface area contributed by atoms with Crippen molar-refractivity contribution in [2.45, 2.75) is 26.8 Å². The quantitative estimate of drug-likeness (QED) is 0.893. The van der Waals surface area contributed by atoms with Gasteiger partial charge in [0.2, 0.25) is 5.88 Å². The van der Waals surface area contributed by atoms with Crippen LogP contribution in [0, 0.1) is 6.92 Å². The van der Waals surface area contributed by atoms with Crippen molar-refractivity contribution >= 4 is 5.69 Å². The third-order valence-electron chi connectivity index (χ3n) is 2.74. The van der Waals surface area contributed by atoms with Crippen molar-refractivity contribution in [3.8, 4) is 5.88 Å². The van der Waals surface area contributed by atoms with Crippen molar-refractivity contribution in [2.24, 2.45) is 0 Å². The van der Waals surface area contributed by atoms with E-state index in [-0.39, 0.29) is 6.04 Å². The molecule has 0 aliphatic rings. The minimum absolute atomic E-state index is 0.0773. The molecular weight excluding hydrogens is 240 g/mol. The first-order chi connectivity index (χ1) is 9.20. The van der Waals surface area contributed by atoms with Gasteiger partial charge in [0.15, 0.2) is 0 Å². The summed E-state index contributed by atoms with van der Waals surface area (Å²) in [7, 11) is 0. The number of hydrogen-bond acceptors (Lipinski definition) is 5. The van der Waals surface area contributed by atoms with Crippen LogP contribution in [0.2, 0.25) is 0 Å². The highest BCUT2D eigenvalue weighted by atomic mass is 16.5. The highest BCUT2D eigenvalue weighted by Crippen LogP contribution is 2.19. The number of nitrogens with one attached hydrogen (secondary N) is 1. The molecule has 0 aromatic carbocycles. The normalized spacial score (nSPS) is 11.9. The zero-order valence-corrected chi connectivity index (χ0v) is 11.4. The van der Waals surface area contributed by atoms with Crippen LogP contribution in [-0.2, 0) is 0 Å². The van der Waals surface area contributed by atoms with Gasteiger partial charge in [-0.2, -0.15) is 0 Å². The largest absolute Gasteiger partial charge is 0.478 e. The lowest BCUT2D eigenvalue weighted by molar-refractivity contribution is 0.327. The molecule has 2 aromatic rings. The van der Waals surface area contributed by atoms with Crippen LogP contribution >= 0.6 is 0 Å². The molecule has 0 fully saturated rings. The van der Waals surface area contributed by atoms with E-state index in [4.69, 9.17) is 4.74 Å². The smallest absolute Gasteiger partial charge is 0.213 e. The third-order valence-corrected chi connectivity index (χ3v) is 2.74. The zero-order valence-electron chi connectivity index (χ0n) is 11.4. The summed E-state index contributed by atoms with van der Waals surface area (Å²) < 4.78 is 5.31. The summed E-state index contributed by atoms with van der Waals surface area (Å²) in [5.74, 6) is 0.636. The Morgan fingerprint density at radius 2 is 2.00 bits per heavy atom. The minimum Gasteiger partial charge on any atom is -0.478 e. The monoisotopic (exact) mass is 258 g/mol. The molecule has 2 rings (SSSR count). The second kappa shape index (κ2) is 6.13. The molecule has 2 heterocycles. The van der Waals surface area contributed by atoms with E-state index < -0.39 is 0 Å². The molecule has 0 aliphatic carbocycles. The maximum absolute atomic E-state index is 5.31. The van der Waals surface area contributed by atoms with Crippen molar-refractivity contribution in [1.82, 2.24) is 15.0 Å². The summed E-state index contributed by atoms with van der Waals surface area (Å²) >= 11 is 0. The van der Waals surface area contributed by atoms with E-state index in [2.05, 4.69) is 20.3 Å². The lowest BCUT2D eigenvalue weighted by Gasteiger charge is -2.16. The Balaban J connectivity index is 2.06. The predicted molar refractivity (Wildman–Crippen MR) is 74.2 cm³/mol. The molecule has 5 nitrogen and oxygen atoms in total. The number of aromatic nitrogens is 3. The number of hydrogen-bond donors (Lipinski definition) is 1. The summed E-state index contributed by atoms with van der Waals surface area (Å²) in [6.07, 6.45) is 5.16. The lowest BCUT2D eigenvalue weighted by atomic mass is 10.2. The van der Waals surface area contributed by atoms with Gasteiger partial charge in [-0.3, -0.25) is 9.97 Å². The van der Waals surface area contributed by atoms with Crippen LogP contribution < -0.4 is 10.1 Å². The van der Waals surface area contributed by atoms with Crippen LogP contribution in [-0.4, -0.2) is 21.6 Å². The molecule has 5 heteroatoms. The Morgan fingerprint density at radius 1 is 1.21 bits per heavy atom. The van der Waals surface area contributed by atoms with Crippen LogP contribution in [0.3, 0.4) is 0 Å². The van der Waals surface area contributed by atoms with Gasteiger partial charge in [0.1, 0.15) is 0 Å². The van der Waals surface area contributed by atoms with Gasteiger partial charge in [-0.1, -0.05) is 0 Å². The molecule has 1 unspecified atom stereocenters. The molecule has 0 saturated carbocycles. The molecule has 1 atom stereocenters. The Labute approximate surface area is 113 Å². The van der Waals surface area contributed by atoms with Crippen molar-refractivity contribution in [1.29, 1.82) is 0 Å². The Kier molecular flexibility index (Phi) is 4.28. The minimum atomic E-state index is 0.0773. The van der Waals surface area contributed by atoms with Crippen molar-refractivity contribution in [3.05, 3.63) is 42.1 Å². The predicted octanol–water partition coefficient (Wildman–Crippen LogP) is 2.75. The van der Waals surface area contributed by atoms with Crippen molar-refractivity contribution < 1.29 is 4.74 Å². The topological polar surface area (TPSA) is 59.9 Å². The summed E-state index contributed by atoms with van der Waals surface area (Å²) in [6.45, 7) is 6.56. The van der Waals surface area contributed by atoms with E-state index in [0.29, 0.717) is 12.5 Å². The standard InChI is InChI=1S/C14H18N4O/c1-4-19-13-6-5-12(9-17-13)18-11(3)14-10(2)15-7-8-16-14/h5-9,11,18H,4H2,1-3H3. The van der Waals surface area contributed by atoms with Gasteiger partial charge in [0, 0.05) is 18.5 Å². The Bertz CT molecular complexity index is 527. The first kappa shape index (κ1) is 13.3. The summed E-state index contributed by atoms with van der Waals surface area (Å²) in [5, 5.41) is 3.35. The molecule has 100 valence electrons. The van der Waals surface area contributed by atoms with Gasteiger partial charge in [0.05, 0.1) is 35.9 Å². The molecule has 2 aromatic heterocycles. The summed E-state index contributed by atoms with van der Waals surface area (Å²) in [4.78, 5) is 12.8. The fourth-order valence-electron chi connectivity index (χ4n) is 1.86. The first-order valence-electron chi connectivity index (χ1n) is 6.33. The highest BCUT2D eigenvalue weighted by molar-refractivity contribution is 5.44. The number of aryl methyl sites for hydroxylation is 1. The van der Waals surface area contributed by atoms with E-state index in [9.17, 15) is 0 Å². The molecule has 0 amide bonds. The second-order valence-corrected chi connectivity index (χ2v) is 4.21. The highest BCUT2D eigenvalue weighted by Gasteiger charge is 2.10. The van der Waals surface area contributed by atoms with Gasteiger partial charge in [-0.05, 0) is 26.8 Å². The average Bonchev–Trinajstić information content (AvgIpc) is 2.42. The molecule has 0 spiro atoms. The van der Waals surface area contributed by atoms with Gasteiger partial charge in [0.25, 0.3) is 0 Å². The van der Waals surface area contributed by atoms with Crippen LogP contribution in [0.4, 0.5) is 5.69 Å². The SMILES string of the molecule is CCOc1ccc(NC(C)c2nccnc2C)cn1. The molecule has 0 bridgehead atoms. The van der Waals surface area contributed by atoms with Gasteiger partial charge in [-0.15, -0.1) is 0 Å². The van der Waals surface area contributed by atoms with E-state index in [1.165, 1.54) is 0 Å². The average molecular weight is 258 g/mol. The number of rotatable bonds is 5. The maximum atomic E-state index is 5.31. The van der Waals surface area contributed by atoms with Gasteiger partial charge < -0.3 is 10.1 Å². The number of nitrogens with zero attached hydrogens (tertiary/aromatic N) is 3. The zero-order chi connectivity index (χ0) is 13.7. The van der Waals surface area contributed by atoms with Crippen LogP contribution in [0.5, 0.6) is 5.88 Å². The maximum Gasteiger partial charge on any atom is 0.213 e. The molecule has 0 aliphatic heterocycles. The lowest BCUT2D eigenvalue weighted by Crippen LogP contribution is -2.11. The van der Waals surface area contributed by atoms with E-state index in [0.717, 1.165) is 17.1 Å².